The Labute approximate surface area is 103 Å². The fourth-order valence-corrected chi connectivity index (χ4v) is 2.80. The van der Waals surface area contributed by atoms with Gasteiger partial charge in [-0.1, -0.05) is 60.8 Å². The molecule has 0 saturated carbocycles. The molecule has 0 aromatic rings. The van der Waals surface area contributed by atoms with Crippen molar-refractivity contribution < 1.29 is 5.11 Å². The fraction of sp³-hybridized carbons (Fsp3) is 1.00. The number of aliphatic hydroxyl groups excluding tert-OH is 1. The SMILES string of the molecule is CCCC(C)(C)CC(CO)C(C)(CC)CC. The molecule has 0 rings (SSSR count). The first-order chi connectivity index (χ1) is 7.35. The van der Waals surface area contributed by atoms with Crippen molar-refractivity contribution in [1.82, 2.24) is 0 Å². The van der Waals surface area contributed by atoms with Crippen molar-refractivity contribution >= 4 is 0 Å². The summed E-state index contributed by atoms with van der Waals surface area (Å²) in [5, 5.41) is 9.66. The van der Waals surface area contributed by atoms with E-state index in [1.165, 1.54) is 12.8 Å². The van der Waals surface area contributed by atoms with Gasteiger partial charge in [-0.05, 0) is 29.6 Å². The normalized spacial score (nSPS) is 15.2. The number of hydrogen-bond acceptors (Lipinski definition) is 1. The molecule has 98 valence electrons. The second kappa shape index (κ2) is 6.64. The van der Waals surface area contributed by atoms with Crippen molar-refractivity contribution in [2.45, 2.75) is 73.6 Å². The lowest BCUT2D eigenvalue weighted by Gasteiger charge is -2.40. The van der Waals surface area contributed by atoms with Gasteiger partial charge in [0.15, 0.2) is 0 Å². The Morgan fingerprint density at radius 3 is 1.81 bits per heavy atom. The molecule has 0 aromatic carbocycles. The van der Waals surface area contributed by atoms with Gasteiger partial charge in [-0.2, -0.15) is 0 Å². The van der Waals surface area contributed by atoms with Crippen LogP contribution < -0.4 is 0 Å². The van der Waals surface area contributed by atoms with Gasteiger partial charge in [0, 0.05) is 6.61 Å². The molecule has 0 aliphatic rings. The third-order valence-corrected chi connectivity index (χ3v) is 4.55. The van der Waals surface area contributed by atoms with Crippen molar-refractivity contribution in [2.24, 2.45) is 16.7 Å². The molecule has 0 aromatic heterocycles. The standard InChI is InChI=1S/C15H32O/c1-7-10-14(4,5)11-13(12-16)15(6,8-2)9-3/h13,16H,7-12H2,1-6H3. The zero-order chi connectivity index (χ0) is 12.8. The van der Waals surface area contributed by atoms with Gasteiger partial charge in [0.2, 0.25) is 0 Å². The second-order valence-electron chi connectivity index (χ2n) is 6.36. The molecular formula is C15H32O. The molecule has 0 fully saturated rings. The summed E-state index contributed by atoms with van der Waals surface area (Å²) in [7, 11) is 0. The summed E-state index contributed by atoms with van der Waals surface area (Å²) in [6.07, 6.45) is 5.97. The minimum absolute atomic E-state index is 0.305. The molecule has 0 bridgehead atoms. The Hall–Kier alpha value is -0.0400. The van der Waals surface area contributed by atoms with Crippen molar-refractivity contribution in [1.29, 1.82) is 0 Å². The molecule has 0 aliphatic heterocycles. The van der Waals surface area contributed by atoms with Crippen LogP contribution >= 0.6 is 0 Å². The van der Waals surface area contributed by atoms with Crippen molar-refractivity contribution in [2.75, 3.05) is 6.61 Å². The van der Waals surface area contributed by atoms with E-state index in [-0.39, 0.29) is 0 Å². The minimum Gasteiger partial charge on any atom is -0.396 e. The molecule has 1 heteroatoms. The van der Waals surface area contributed by atoms with Crippen LogP contribution in [0, 0.1) is 16.7 Å². The Morgan fingerprint density at radius 2 is 1.50 bits per heavy atom. The van der Waals surface area contributed by atoms with E-state index in [9.17, 15) is 5.11 Å². The summed E-state index contributed by atoms with van der Waals surface area (Å²) in [4.78, 5) is 0. The number of hydrogen-bond donors (Lipinski definition) is 1. The van der Waals surface area contributed by atoms with Crippen molar-refractivity contribution in [3.63, 3.8) is 0 Å². The zero-order valence-electron chi connectivity index (χ0n) is 12.3. The van der Waals surface area contributed by atoms with E-state index in [1.807, 2.05) is 0 Å². The lowest BCUT2D eigenvalue weighted by molar-refractivity contribution is 0.0529. The van der Waals surface area contributed by atoms with Crippen LogP contribution in [-0.2, 0) is 0 Å². The van der Waals surface area contributed by atoms with E-state index in [0.717, 1.165) is 19.3 Å². The zero-order valence-corrected chi connectivity index (χ0v) is 12.3. The Kier molecular flexibility index (Phi) is 6.62. The molecule has 1 unspecified atom stereocenters. The average Bonchev–Trinajstić information content (AvgIpc) is 2.24. The van der Waals surface area contributed by atoms with Gasteiger partial charge < -0.3 is 5.11 Å². The van der Waals surface area contributed by atoms with E-state index in [1.54, 1.807) is 0 Å². The van der Waals surface area contributed by atoms with E-state index >= 15 is 0 Å². The molecule has 0 amide bonds. The molecule has 0 radical (unpaired) electrons. The number of rotatable bonds is 8. The van der Waals surface area contributed by atoms with Gasteiger partial charge in [0.1, 0.15) is 0 Å². The quantitative estimate of drug-likeness (QED) is 0.642. The maximum absolute atomic E-state index is 9.66. The van der Waals surface area contributed by atoms with Gasteiger partial charge in [-0.3, -0.25) is 0 Å². The topological polar surface area (TPSA) is 20.2 Å². The Bertz CT molecular complexity index is 180. The van der Waals surface area contributed by atoms with E-state index in [4.69, 9.17) is 0 Å². The van der Waals surface area contributed by atoms with Gasteiger partial charge in [0.05, 0.1) is 0 Å². The maximum Gasteiger partial charge on any atom is 0.0464 e. The molecule has 1 nitrogen and oxygen atoms in total. The molecule has 0 aliphatic carbocycles. The van der Waals surface area contributed by atoms with Crippen molar-refractivity contribution in [3.05, 3.63) is 0 Å². The van der Waals surface area contributed by atoms with Gasteiger partial charge in [-0.25, -0.2) is 0 Å². The fourth-order valence-electron chi connectivity index (χ4n) is 2.80. The van der Waals surface area contributed by atoms with E-state index < -0.39 is 0 Å². The molecule has 1 atom stereocenters. The summed E-state index contributed by atoms with van der Waals surface area (Å²) < 4.78 is 0. The third-order valence-electron chi connectivity index (χ3n) is 4.55. The molecule has 16 heavy (non-hydrogen) atoms. The van der Waals surface area contributed by atoms with E-state index in [2.05, 4.69) is 41.5 Å². The highest BCUT2D eigenvalue weighted by atomic mass is 16.3. The molecule has 0 saturated heterocycles. The predicted octanol–water partition coefficient (Wildman–Crippen LogP) is 4.64. The smallest absolute Gasteiger partial charge is 0.0464 e. The summed E-state index contributed by atoms with van der Waals surface area (Å²) in [6.45, 7) is 14.1. The summed E-state index contributed by atoms with van der Waals surface area (Å²) in [5.41, 5.74) is 0.674. The van der Waals surface area contributed by atoms with Crippen LogP contribution in [0.5, 0.6) is 0 Å². The minimum atomic E-state index is 0.305. The van der Waals surface area contributed by atoms with Crippen LogP contribution in [0.2, 0.25) is 0 Å². The summed E-state index contributed by atoms with van der Waals surface area (Å²) >= 11 is 0. The predicted molar refractivity (Wildman–Crippen MR) is 72.6 cm³/mol. The molecule has 1 N–H and O–H groups in total. The monoisotopic (exact) mass is 228 g/mol. The lowest BCUT2D eigenvalue weighted by Crippen LogP contribution is -2.33. The third kappa shape index (κ3) is 4.45. The Morgan fingerprint density at radius 1 is 1.00 bits per heavy atom. The van der Waals surface area contributed by atoms with Gasteiger partial charge >= 0.3 is 0 Å². The number of aliphatic hydroxyl groups is 1. The largest absolute Gasteiger partial charge is 0.396 e. The molecule has 0 spiro atoms. The Balaban J connectivity index is 4.62. The van der Waals surface area contributed by atoms with Gasteiger partial charge in [-0.15, -0.1) is 0 Å². The summed E-state index contributed by atoms with van der Waals surface area (Å²) in [6, 6.07) is 0. The molecular weight excluding hydrogens is 196 g/mol. The highest BCUT2D eigenvalue weighted by Gasteiger charge is 2.34. The van der Waals surface area contributed by atoms with Gasteiger partial charge in [0.25, 0.3) is 0 Å². The van der Waals surface area contributed by atoms with Crippen LogP contribution in [0.3, 0.4) is 0 Å². The first-order valence-electron chi connectivity index (χ1n) is 6.96. The molecule has 0 heterocycles. The van der Waals surface area contributed by atoms with Crippen LogP contribution in [0.15, 0.2) is 0 Å². The highest BCUT2D eigenvalue weighted by Crippen LogP contribution is 2.42. The highest BCUT2D eigenvalue weighted by molar-refractivity contribution is 4.84. The van der Waals surface area contributed by atoms with Crippen molar-refractivity contribution in [3.8, 4) is 0 Å². The van der Waals surface area contributed by atoms with Crippen LogP contribution in [0.25, 0.3) is 0 Å². The first-order valence-corrected chi connectivity index (χ1v) is 6.96. The van der Waals surface area contributed by atoms with Crippen LogP contribution in [0.4, 0.5) is 0 Å². The maximum atomic E-state index is 9.66. The second-order valence-corrected chi connectivity index (χ2v) is 6.36. The summed E-state index contributed by atoms with van der Waals surface area (Å²) in [5.74, 6) is 0.448. The first kappa shape index (κ1) is 16.0. The van der Waals surface area contributed by atoms with E-state index in [0.29, 0.717) is 23.4 Å². The van der Waals surface area contributed by atoms with Crippen LogP contribution in [-0.4, -0.2) is 11.7 Å². The van der Waals surface area contributed by atoms with Crippen LogP contribution in [0.1, 0.15) is 73.6 Å². The lowest BCUT2D eigenvalue weighted by atomic mass is 9.66. The average molecular weight is 228 g/mol.